The quantitative estimate of drug-likeness (QED) is 0.501. The Morgan fingerprint density at radius 2 is 1.97 bits per heavy atom. The number of hydrogen-bond donors (Lipinski definition) is 3. The molecule has 3 aromatic rings. The third-order valence-corrected chi connectivity index (χ3v) is 6.89. The summed E-state index contributed by atoms with van der Waals surface area (Å²) in [6.07, 6.45) is 3.90. The number of likely N-dealkylation sites (tertiary alicyclic amines) is 1. The van der Waals surface area contributed by atoms with Crippen LogP contribution in [0.5, 0.6) is 5.75 Å². The van der Waals surface area contributed by atoms with Crippen LogP contribution in [0.25, 0.3) is 10.9 Å². The van der Waals surface area contributed by atoms with E-state index in [1.54, 1.807) is 13.2 Å². The number of nitrogens with two attached hydrogens (primary N) is 1. The molecule has 3 heterocycles. The minimum Gasteiger partial charge on any atom is -0.496 e. The van der Waals surface area contributed by atoms with Crippen LogP contribution in [0.2, 0.25) is 0 Å². The number of H-pyrrole nitrogens is 1. The number of anilines is 1. The number of benzene rings is 1. The molecule has 9 heteroatoms. The number of alkyl halides is 2. The van der Waals surface area contributed by atoms with E-state index in [-0.39, 0.29) is 29.8 Å². The van der Waals surface area contributed by atoms with Crippen molar-refractivity contribution in [3.63, 3.8) is 0 Å². The van der Waals surface area contributed by atoms with E-state index < -0.39 is 11.9 Å². The number of carboxylic acids is 1. The molecule has 182 valence electrons. The molecule has 0 radical (unpaired) electrons. The number of methoxy groups -OCH3 is 1. The number of aryl methyl sites for hydroxylation is 1. The molecule has 1 spiro atoms. The monoisotopic (exact) mass is 472 g/mol. The number of nitrogens with one attached hydrogen (secondary N) is 1. The lowest BCUT2D eigenvalue weighted by atomic mass is 9.61. The van der Waals surface area contributed by atoms with Crippen molar-refractivity contribution in [2.24, 2.45) is 5.41 Å². The number of halogens is 2. The average molecular weight is 473 g/mol. The number of carboxylic acid groups (broad SMARTS) is 1. The third kappa shape index (κ3) is 4.99. The van der Waals surface area contributed by atoms with Gasteiger partial charge in [-0.2, -0.15) is 0 Å². The summed E-state index contributed by atoms with van der Waals surface area (Å²) in [5, 5.41) is 9.59. The van der Waals surface area contributed by atoms with E-state index >= 15 is 0 Å². The van der Waals surface area contributed by atoms with Crippen LogP contribution in [0.15, 0.2) is 36.5 Å². The number of aromatic carboxylic acids is 1. The average Bonchev–Trinajstić information content (AvgIpc) is 3.27. The maximum absolute atomic E-state index is 13.3. The van der Waals surface area contributed by atoms with Gasteiger partial charge in [-0.1, -0.05) is 6.07 Å². The first-order chi connectivity index (χ1) is 16.1. The lowest BCUT2D eigenvalue weighted by Crippen LogP contribution is -2.52. The van der Waals surface area contributed by atoms with Crippen molar-refractivity contribution in [3.8, 4) is 5.75 Å². The highest BCUT2D eigenvalue weighted by Crippen LogP contribution is 2.57. The SMILES string of the molecule is COc1cc(C)c2[nH]ccc2c1CN1CCC2(CC1)CC(F)(F)C2.Nc1cccc(C(=O)O)n1. The van der Waals surface area contributed by atoms with Gasteiger partial charge in [0.25, 0.3) is 0 Å². The lowest BCUT2D eigenvalue weighted by Gasteiger charge is -2.51. The molecule has 7 nitrogen and oxygen atoms in total. The minimum absolute atomic E-state index is 0.0278. The zero-order valence-corrected chi connectivity index (χ0v) is 19.4. The lowest BCUT2D eigenvalue weighted by molar-refractivity contribution is -0.178. The molecule has 1 saturated heterocycles. The summed E-state index contributed by atoms with van der Waals surface area (Å²) in [7, 11) is 1.71. The van der Waals surface area contributed by atoms with Crippen molar-refractivity contribution < 1.29 is 23.4 Å². The van der Waals surface area contributed by atoms with Crippen LogP contribution < -0.4 is 10.5 Å². The van der Waals surface area contributed by atoms with Gasteiger partial charge in [-0.05, 0) is 68.1 Å². The second kappa shape index (κ2) is 9.21. The molecule has 1 aliphatic heterocycles. The fourth-order valence-corrected chi connectivity index (χ4v) is 5.16. The van der Waals surface area contributed by atoms with Gasteiger partial charge >= 0.3 is 5.97 Å². The van der Waals surface area contributed by atoms with Gasteiger partial charge in [0.1, 0.15) is 11.6 Å². The summed E-state index contributed by atoms with van der Waals surface area (Å²) in [6, 6.07) is 8.64. The summed E-state index contributed by atoms with van der Waals surface area (Å²) in [4.78, 5) is 19.5. The first kappa shape index (κ1) is 23.9. The van der Waals surface area contributed by atoms with Crippen LogP contribution in [0.4, 0.5) is 14.6 Å². The smallest absolute Gasteiger partial charge is 0.354 e. The molecule has 5 rings (SSSR count). The molecule has 0 atom stereocenters. The summed E-state index contributed by atoms with van der Waals surface area (Å²) in [5.74, 6) is -2.35. The number of pyridine rings is 1. The third-order valence-electron chi connectivity index (χ3n) is 6.89. The number of fused-ring (bicyclic) bond motifs is 1. The topological polar surface area (TPSA) is 104 Å². The molecular formula is C25H30F2N4O3. The summed E-state index contributed by atoms with van der Waals surface area (Å²) >= 11 is 0. The predicted octanol–water partition coefficient (Wildman–Crippen LogP) is 4.86. The number of nitrogens with zero attached hydrogens (tertiary/aromatic N) is 2. The number of aromatic amines is 1. The van der Waals surface area contributed by atoms with Gasteiger partial charge in [0.05, 0.1) is 7.11 Å². The molecule has 0 bridgehead atoms. The number of rotatable bonds is 4. The Morgan fingerprint density at radius 3 is 2.53 bits per heavy atom. The highest BCUT2D eigenvalue weighted by atomic mass is 19.3. The van der Waals surface area contributed by atoms with Crippen molar-refractivity contribution in [2.45, 2.75) is 45.1 Å². The van der Waals surface area contributed by atoms with Gasteiger partial charge in [-0.25, -0.2) is 18.6 Å². The van der Waals surface area contributed by atoms with E-state index in [2.05, 4.69) is 33.9 Å². The fraction of sp³-hybridized carbons (Fsp3) is 0.440. The van der Waals surface area contributed by atoms with Crippen LogP contribution in [0.1, 0.15) is 47.3 Å². The second-order valence-corrected chi connectivity index (χ2v) is 9.38. The summed E-state index contributed by atoms with van der Waals surface area (Å²) in [6.45, 7) is 4.66. The number of carbonyl (C=O) groups is 1. The Balaban J connectivity index is 0.000000231. The number of piperidine rings is 1. The van der Waals surface area contributed by atoms with Gasteiger partial charge < -0.3 is 20.6 Å². The predicted molar refractivity (Wildman–Crippen MR) is 126 cm³/mol. The van der Waals surface area contributed by atoms with Crippen LogP contribution in [0.3, 0.4) is 0 Å². The molecule has 0 unspecified atom stereocenters. The standard InChI is InChI=1S/C19H24F2N2O.C6H6N2O2/c1-13-9-16(24-2)15(14-3-6-22-17(13)14)10-23-7-4-18(5-8-23)11-19(20,21)12-18;7-5-3-1-2-4(8-5)6(9)10/h3,6,9,22H,4-5,7-8,10-12H2,1-2H3;1-3H,(H2,7,8)(H,9,10). The minimum atomic E-state index is -2.42. The number of aromatic nitrogens is 2. The zero-order valence-electron chi connectivity index (χ0n) is 19.4. The van der Waals surface area contributed by atoms with E-state index in [9.17, 15) is 13.6 Å². The van der Waals surface area contributed by atoms with Crippen molar-refractivity contribution >= 4 is 22.7 Å². The Hall–Kier alpha value is -3.20. The molecule has 0 amide bonds. The Labute approximate surface area is 196 Å². The molecule has 2 aromatic heterocycles. The van der Waals surface area contributed by atoms with Gasteiger partial charge in [-0.15, -0.1) is 0 Å². The molecule has 2 aliphatic rings. The van der Waals surface area contributed by atoms with E-state index in [4.69, 9.17) is 15.6 Å². The Bertz CT molecular complexity index is 1180. The van der Waals surface area contributed by atoms with Crippen LogP contribution >= 0.6 is 0 Å². The van der Waals surface area contributed by atoms with Gasteiger partial charge in [0.2, 0.25) is 5.92 Å². The van der Waals surface area contributed by atoms with Gasteiger partial charge in [0, 0.05) is 42.0 Å². The van der Waals surface area contributed by atoms with E-state index in [1.165, 1.54) is 28.6 Å². The molecule has 4 N–H and O–H groups in total. The van der Waals surface area contributed by atoms with Gasteiger partial charge in [0.15, 0.2) is 5.69 Å². The molecule has 2 fully saturated rings. The van der Waals surface area contributed by atoms with E-state index in [0.717, 1.165) is 43.7 Å². The van der Waals surface area contributed by atoms with Crippen molar-refractivity contribution in [2.75, 3.05) is 25.9 Å². The maximum Gasteiger partial charge on any atom is 0.354 e. The fourth-order valence-electron chi connectivity index (χ4n) is 5.16. The highest BCUT2D eigenvalue weighted by molar-refractivity contribution is 5.88. The van der Waals surface area contributed by atoms with Crippen LogP contribution in [-0.2, 0) is 6.54 Å². The normalized spacial score (nSPS) is 18.7. The summed E-state index contributed by atoms with van der Waals surface area (Å²) in [5.41, 5.74) is 8.61. The largest absolute Gasteiger partial charge is 0.496 e. The van der Waals surface area contributed by atoms with Crippen LogP contribution in [0, 0.1) is 12.3 Å². The number of nitrogen functional groups attached to an aromatic ring is 1. The first-order valence-corrected chi connectivity index (χ1v) is 11.3. The van der Waals surface area contributed by atoms with Crippen molar-refractivity contribution in [1.29, 1.82) is 0 Å². The number of ether oxygens (including phenoxy) is 1. The molecule has 1 aromatic carbocycles. The second-order valence-electron chi connectivity index (χ2n) is 9.38. The van der Waals surface area contributed by atoms with E-state index in [0.29, 0.717) is 0 Å². The highest BCUT2D eigenvalue weighted by Gasteiger charge is 2.56. The zero-order chi connectivity index (χ0) is 24.5. The van der Waals surface area contributed by atoms with Crippen molar-refractivity contribution in [1.82, 2.24) is 14.9 Å². The molecule has 34 heavy (non-hydrogen) atoms. The first-order valence-electron chi connectivity index (χ1n) is 11.3. The molecule has 1 saturated carbocycles. The van der Waals surface area contributed by atoms with E-state index in [1.807, 2.05) is 6.20 Å². The number of hydrogen-bond acceptors (Lipinski definition) is 5. The summed E-state index contributed by atoms with van der Waals surface area (Å²) < 4.78 is 32.1. The van der Waals surface area contributed by atoms with Gasteiger partial charge in [-0.3, -0.25) is 4.90 Å². The molecule has 1 aliphatic carbocycles. The van der Waals surface area contributed by atoms with Crippen molar-refractivity contribution in [3.05, 3.63) is 53.3 Å². The molecular weight excluding hydrogens is 442 g/mol. The maximum atomic E-state index is 13.3. The Morgan fingerprint density at radius 1 is 1.26 bits per heavy atom. The van der Waals surface area contributed by atoms with Crippen LogP contribution in [-0.4, -0.2) is 52.1 Å². The Kier molecular flexibility index (Phi) is 6.49.